The van der Waals surface area contributed by atoms with Crippen LogP contribution in [0.3, 0.4) is 0 Å². The van der Waals surface area contributed by atoms with Gasteiger partial charge in [-0.3, -0.25) is 5.10 Å². The molecule has 4 aromatic rings. The minimum absolute atomic E-state index is 0.210. The molecule has 6 heteroatoms. The molecule has 4 nitrogen and oxygen atoms in total. The first-order valence-electron chi connectivity index (χ1n) is 9.46. The number of methoxy groups -OCH3 is 1. The van der Waals surface area contributed by atoms with Gasteiger partial charge in [0.05, 0.1) is 12.8 Å². The SMILES string of the molecule is COc1ccc(-c2n[nH]cc2Cc2cccc(F)c2F)cc1OCc1ccccc1. The van der Waals surface area contributed by atoms with Crippen molar-refractivity contribution in [2.45, 2.75) is 13.0 Å². The van der Waals surface area contributed by atoms with Crippen molar-refractivity contribution in [3.05, 3.63) is 101 Å². The maximum Gasteiger partial charge on any atom is 0.162 e. The molecule has 0 radical (unpaired) electrons. The molecular formula is C24H20F2N2O2. The first-order chi connectivity index (χ1) is 14.7. The van der Waals surface area contributed by atoms with Crippen LogP contribution in [-0.2, 0) is 13.0 Å². The fraction of sp³-hybridized carbons (Fsp3) is 0.125. The van der Waals surface area contributed by atoms with Gasteiger partial charge in [0.1, 0.15) is 6.61 Å². The summed E-state index contributed by atoms with van der Waals surface area (Å²) >= 11 is 0. The van der Waals surface area contributed by atoms with E-state index < -0.39 is 11.6 Å². The van der Waals surface area contributed by atoms with Crippen molar-refractivity contribution in [3.8, 4) is 22.8 Å². The molecule has 152 valence electrons. The number of benzene rings is 3. The molecule has 30 heavy (non-hydrogen) atoms. The molecule has 1 heterocycles. The van der Waals surface area contributed by atoms with Crippen molar-refractivity contribution in [3.63, 3.8) is 0 Å². The van der Waals surface area contributed by atoms with Crippen molar-refractivity contribution < 1.29 is 18.3 Å². The number of H-pyrrole nitrogens is 1. The number of nitrogens with zero attached hydrogens (tertiary/aromatic N) is 1. The Bertz CT molecular complexity index is 1140. The van der Waals surface area contributed by atoms with E-state index in [2.05, 4.69) is 10.2 Å². The Morgan fingerprint density at radius 3 is 2.53 bits per heavy atom. The number of halogens is 2. The second-order valence-electron chi connectivity index (χ2n) is 6.79. The summed E-state index contributed by atoms with van der Waals surface area (Å²) in [5.74, 6) is -0.530. The quantitative estimate of drug-likeness (QED) is 0.439. The van der Waals surface area contributed by atoms with Crippen LogP contribution in [0.25, 0.3) is 11.3 Å². The van der Waals surface area contributed by atoms with E-state index in [4.69, 9.17) is 9.47 Å². The number of hydrogen-bond acceptors (Lipinski definition) is 3. The number of hydrogen-bond donors (Lipinski definition) is 1. The Balaban J connectivity index is 1.62. The highest BCUT2D eigenvalue weighted by Gasteiger charge is 2.15. The van der Waals surface area contributed by atoms with Gasteiger partial charge in [-0.15, -0.1) is 0 Å². The van der Waals surface area contributed by atoms with Gasteiger partial charge in [-0.1, -0.05) is 42.5 Å². The zero-order valence-corrected chi connectivity index (χ0v) is 16.4. The first kappa shape index (κ1) is 19.6. The highest BCUT2D eigenvalue weighted by Crippen LogP contribution is 2.34. The van der Waals surface area contributed by atoms with Gasteiger partial charge in [-0.2, -0.15) is 5.10 Å². The highest BCUT2D eigenvalue weighted by atomic mass is 19.2. The molecular weight excluding hydrogens is 386 g/mol. The fourth-order valence-electron chi connectivity index (χ4n) is 3.26. The van der Waals surface area contributed by atoms with E-state index in [-0.39, 0.29) is 12.0 Å². The molecule has 0 saturated carbocycles. The average molecular weight is 406 g/mol. The minimum Gasteiger partial charge on any atom is -0.493 e. The number of rotatable bonds is 7. The van der Waals surface area contributed by atoms with Crippen LogP contribution in [0.15, 0.2) is 72.9 Å². The first-order valence-corrected chi connectivity index (χ1v) is 9.46. The molecule has 1 aromatic heterocycles. The van der Waals surface area contributed by atoms with Crippen LogP contribution in [0.4, 0.5) is 8.78 Å². The molecule has 0 atom stereocenters. The normalized spacial score (nSPS) is 10.8. The molecule has 0 amide bonds. The third-order valence-electron chi connectivity index (χ3n) is 4.81. The molecule has 0 aliphatic rings. The summed E-state index contributed by atoms with van der Waals surface area (Å²) in [7, 11) is 1.58. The Morgan fingerprint density at radius 1 is 0.900 bits per heavy atom. The number of aromatic nitrogens is 2. The van der Waals surface area contributed by atoms with Gasteiger partial charge in [0.2, 0.25) is 0 Å². The van der Waals surface area contributed by atoms with E-state index in [1.807, 2.05) is 42.5 Å². The summed E-state index contributed by atoms with van der Waals surface area (Å²) in [5.41, 5.74) is 3.48. The lowest BCUT2D eigenvalue weighted by Gasteiger charge is -2.12. The molecule has 0 fully saturated rings. The van der Waals surface area contributed by atoms with E-state index in [1.54, 1.807) is 25.4 Å². The van der Waals surface area contributed by atoms with E-state index in [9.17, 15) is 8.78 Å². The number of nitrogens with one attached hydrogen (secondary N) is 1. The fourth-order valence-corrected chi connectivity index (χ4v) is 3.26. The molecule has 0 aliphatic heterocycles. The zero-order chi connectivity index (χ0) is 20.9. The van der Waals surface area contributed by atoms with Gasteiger partial charge in [-0.25, -0.2) is 8.78 Å². The van der Waals surface area contributed by atoms with Crippen LogP contribution in [0.2, 0.25) is 0 Å². The summed E-state index contributed by atoms with van der Waals surface area (Å²) < 4.78 is 39.1. The monoisotopic (exact) mass is 406 g/mol. The van der Waals surface area contributed by atoms with Crippen LogP contribution in [0.5, 0.6) is 11.5 Å². The second-order valence-corrected chi connectivity index (χ2v) is 6.79. The summed E-state index contributed by atoms with van der Waals surface area (Å²) in [5, 5.41) is 7.13. The van der Waals surface area contributed by atoms with Crippen LogP contribution >= 0.6 is 0 Å². The molecule has 1 N–H and O–H groups in total. The maximum absolute atomic E-state index is 14.1. The Hall–Kier alpha value is -3.67. The van der Waals surface area contributed by atoms with Crippen molar-refractivity contribution in [1.29, 1.82) is 0 Å². The van der Waals surface area contributed by atoms with E-state index in [1.165, 1.54) is 6.07 Å². The Labute approximate surface area is 173 Å². The Kier molecular flexibility index (Phi) is 5.75. The molecule has 4 rings (SSSR count). The average Bonchev–Trinajstić information content (AvgIpc) is 3.24. The zero-order valence-electron chi connectivity index (χ0n) is 16.4. The number of aromatic amines is 1. The topological polar surface area (TPSA) is 47.1 Å². The molecule has 0 saturated heterocycles. The van der Waals surface area contributed by atoms with Crippen molar-refractivity contribution >= 4 is 0 Å². The third kappa shape index (κ3) is 4.17. The highest BCUT2D eigenvalue weighted by molar-refractivity contribution is 5.67. The van der Waals surface area contributed by atoms with Crippen LogP contribution < -0.4 is 9.47 Å². The van der Waals surface area contributed by atoms with Crippen LogP contribution in [0, 0.1) is 11.6 Å². The van der Waals surface area contributed by atoms with Crippen LogP contribution in [-0.4, -0.2) is 17.3 Å². The third-order valence-corrected chi connectivity index (χ3v) is 4.81. The van der Waals surface area contributed by atoms with E-state index >= 15 is 0 Å². The molecule has 0 unspecified atom stereocenters. The van der Waals surface area contributed by atoms with Gasteiger partial charge < -0.3 is 9.47 Å². The largest absolute Gasteiger partial charge is 0.493 e. The predicted octanol–water partition coefficient (Wildman–Crippen LogP) is 5.53. The van der Waals surface area contributed by atoms with E-state index in [0.717, 1.165) is 22.8 Å². The standard InChI is InChI=1S/C24H20F2N2O2/c1-29-21-11-10-18(13-22(21)30-15-16-6-3-2-4-7-16)24-19(14-27-28-24)12-17-8-5-9-20(25)23(17)26/h2-11,13-14H,12,15H2,1H3,(H,27,28). The van der Waals surface area contributed by atoms with Gasteiger partial charge in [0, 0.05) is 23.7 Å². The lowest BCUT2D eigenvalue weighted by molar-refractivity contribution is 0.284. The second kappa shape index (κ2) is 8.78. The predicted molar refractivity (Wildman–Crippen MR) is 111 cm³/mol. The van der Waals surface area contributed by atoms with E-state index in [0.29, 0.717) is 23.8 Å². The van der Waals surface area contributed by atoms with Gasteiger partial charge in [0.25, 0.3) is 0 Å². The van der Waals surface area contributed by atoms with Crippen molar-refractivity contribution in [2.24, 2.45) is 0 Å². The summed E-state index contributed by atoms with van der Waals surface area (Å²) in [6.45, 7) is 0.391. The van der Waals surface area contributed by atoms with Crippen molar-refractivity contribution in [1.82, 2.24) is 10.2 Å². The molecule has 3 aromatic carbocycles. The Morgan fingerprint density at radius 2 is 1.73 bits per heavy atom. The van der Waals surface area contributed by atoms with Crippen LogP contribution in [0.1, 0.15) is 16.7 Å². The van der Waals surface area contributed by atoms with Gasteiger partial charge in [0.15, 0.2) is 23.1 Å². The molecule has 0 aliphatic carbocycles. The lowest BCUT2D eigenvalue weighted by atomic mass is 10.0. The maximum atomic E-state index is 14.1. The van der Waals surface area contributed by atoms with Gasteiger partial charge >= 0.3 is 0 Å². The number of ether oxygens (including phenoxy) is 2. The minimum atomic E-state index is -0.862. The van der Waals surface area contributed by atoms with Gasteiger partial charge in [-0.05, 0) is 35.4 Å². The van der Waals surface area contributed by atoms with Crippen molar-refractivity contribution in [2.75, 3.05) is 7.11 Å². The smallest absolute Gasteiger partial charge is 0.162 e. The molecule has 0 spiro atoms. The lowest BCUT2D eigenvalue weighted by Crippen LogP contribution is -1.99. The summed E-state index contributed by atoms with van der Waals surface area (Å²) in [6.07, 6.45) is 1.90. The molecule has 0 bridgehead atoms. The summed E-state index contributed by atoms with van der Waals surface area (Å²) in [4.78, 5) is 0. The summed E-state index contributed by atoms with van der Waals surface area (Å²) in [6, 6.07) is 19.5.